The van der Waals surface area contributed by atoms with E-state index >= 15 is 0 Å². The smallest absolute Gasteiger partial charge is 0.0495 e. The number of aryl methyl sites for hydroxylation is 1. The molecule has 0 atom stereocenters. The van der Waals surface area contributed by atoms with Crippen LogP contribution in [0, 0.1) is 0 Å². The van der Waals surface area contributed by atoms with Crippen LogP contribution in [0.25, 0.3) is 65.6 Å². The lowest BCUT2D eigenvalue weighted by Crippen LogP contribution is -1.91. The second-order valence-corrected chi connectivity index (χ2v) is 7.83. The number of hydrogen-bond donors (Lipinski definition) is 0. The van der Waals surface area contributed by atoms with Gasteiger partial charge < -0.3 is 4.57 Å². The van der Waals surface area contributed by atoms with Gasteiger partial charge in [-0.15, -0.1) is 0 Å². The van der Waals surface area contributed by atoms with E-state index in [0.717, 1.165) is 0 Å². The number of hydrogen-bond acceptors (Lipinski definition) is 0. The first kappa shape index (κ1) is 14.5. The van der Waals surface area contributed by atoms with Gasteiger partial charge >= 0.3 is 0 Å². The van der Waals surface area contributed by atoms with Crippen LogP contribution in [0.1, 0.15) is 0 Å². The number of nitrogens with zero attached hydrogens (tertiary/aromatic N) is 1. The maximum absolute atomic E-state index is 2.34. The fraction of sp³-hybridized carbons (Fsp3) is 0.0370. The highest BCUT2D eigenvalue weighted by atomic mass is 14.9. The van der Waals surface area contributed by atoms with Gasteiger partial charge in [0.15, 0.2) is 0 Å². The second-order valence-electron chi connectivity index (χ2n) is 7.83. The van der Waals surface area contributed by atoms with Gasteiger partial charge in [-0.1, -0.05) is 72.8 Å². The van der Waals surface area contributed by atoms with E-state index in [1.165, 1.54) is 65.6 Å². The molecule has 0 aliphatic heterocycles. The van der Waals surface area contributed by atoms with Crippen molar-refractivity contribution in [3.63, 3.8) is 0 Å². The molecule has 0 saturated carbocycles. The normalized spacial score (nSPS) is 12.5. The molecule has 7 rings (SSSR count). The lowest BCUT2D eigenvalue weighted by Gasteiger charge is -2.15. The summed E-state index contributed by atoms with van der Waals surface area (Å²) in [6.07, 6.45) is 0. The first-order valence-electron chi connectivity index (χ1n) is 9.78. The van der Waals surface area contributed by atoms with Crippen LogP contribution >= 0.6 is 0 Å². The first-order chi connectivity index (χ1) is 13.8. The van der Waals surface area contributed by atoms with Crippen molar-refractivity contribution in [2.75, 3.05) is 0 Å². The molecule has 0 spiro atoms. The Morgan fingerprint density at radius 2 is 1.25 bits per heavy atom. The first-order valence-corrected chi connectivity index (χ1v) is 9.78. The van der Waals surface area contributed by atoms with E-state index in [4.69, 9.17) is 0 Å². The Morgan fingerprint density at radius 3 is 2.21 bits per heavy atom. The van der Waals surface area contributed by atoms with Crippen molar-refractivity contribution in [1.82, 2.24) is 4.57 Å². The van der Waals surface area contributed by atoms with Gasteiger partial charge in [-0.2, -0.15) is 0 Å². The van der Waals surface area contributed by atoms with Crippen LogP contribution < -0.4 is 0 Å². The molecule has 28 heavy (non-hydrogen) atoms. The highest BCUT2D eigenvalue weighted by molar-refractivity contribution is 6.31. The van der Waals surface area contributed by atoms with Gasteiger partial charge in [0, 0.05) is 28.9 Å². The summed E-state index contributed by atoms with van der Waals surface area (Å²) in [5.41, 5.74) is 7.99. The molecular formula is C27H17N. The molecule has 0 fully saturated rings. The van der Waals surface area contributed by atoms with Gasteiger partial charge in [0.1, 0.15) is 0 Å². The van der Waals surface area contributed by atoms with Gasteiger partial charge in [0.25, 0.3) is 0 Å². The van der Waals surface area contributed by atoms with Gasteiger partial charge in [0.2, 0.25) is 0 Å². The summed E-state index contributed by atoms with van der Waals surface area (Å²) in [5.74, 6) is 0. The predicted octanol–water partition coefficient (Wildman–Crippen LogP) is 7.29. The average molecular weight is 355 g/mol. The maximum atomic E-state index is 2.34. The third kappa shape index (κ3) is 1.55. The zero-order chi connectivity index (χ0) is 18.4. The fourth-order valence-electron chi connectivity index (χ4n) is 5.33. The predicted molar refractivity (Wildman–Crippen MR) is 120 cm³/mol. The molecule has 1 aliphatic rings. The fourth-order valence-corrected chi connectivity index (χ4v) is 5.33. The van der Waals surface area contributed by atoms with E-state index in [-0.39, 0.29) is 0 Å². The van der Waals surface area contributed by atoms with E-state index in [0.29, 0.717) is 0 Å². The molecule has 0 bridgehead atoms. The summed E-state index contributed by atoms with van der Waals surface area (Å²) >= 11 is 0. The van der Waals surface area contributed by atoms with Gasteiger partial charge in [-0.25, -0.2) is 0 Å². The van der Waals surface area contributed by atoms with E-state index in [2.05, 4.69) is 96.5 Å². The quantitative estimate of drug-likeness (QED) is 0.269. The molecular weight excluding hydrogens is 338 g/mol. The van der Waals surface area contributed by atoms with E-state index in [1.807, 2.05) is 0 Å². The molecule has 0 amide bonds. The number of rotatable bonds is 0. The summed E-state index contributed by atoms with van der Waals surface area (Å²) in [7, 11) is 2.19. The van der Waals surface area contributed by atoms with E-state index in [9.17, 15) is 0 Å². The van der Waals surface area contributed by atoms with Gasteiger partial charge in [-0.05, 0) is 55.9 Å². The van der Waals surface area contributed by atoms with Crippen molar-refractivity contribution in [2.45, 2.75) is 0 Å². The molecule has 1 aliphatic carbocycles. The largest absolute Gasteiger partial charge is 0.344 e. The molecule has 1 heteroatoms. The molecule has 130 valence electrons. The van der Waals surface area contributed by atoms with E-state index in [1.54, 1.807) is 0 Å². The van der Waals surface area contributed by atoms with Crippen LogP contribution in [-0.4, -0.2) is 4.57 Å². The molecule has 0 radical (unpaired) electrons. The van der Waals surface area contributed by atoms with Crippen LogP contribution in [0.3, 0.4) is 0 Å². The molecule has 1 heterocycles. The SMILES string of the molecule is Cn1c2cccc3c2c2c4c(cccc4ccc21)-c1c-3ccc2ccccc12. The highest BCUT2D eigenvalue weighted by Gasteiger charge is 2.24. The third-order valence-corrected chi connectivity index (χ3v) is 6.53. The Morgan fingerprint density at radius 1 is 0.500 bits per heavy atom. The van der Waals surface area contributed by atoms with Crippen molar-refractivity contribution in [1.29, 1.82) is 0 Å². The lowest BCUT2D eigenvalue weighted by molar-refractivity contribution is 1.01. The Bertz CT molecular complexity index is 1610. The molecule has 1 aromatic heterocycles. The van der Waals surface area contributed by atoms with Crippen molar-refractivity contribution >= 4 is 43.4 Å². The van der Waals surface area contributed by atoms with Crippen molar-refractivity contribution < 1.29 is 0 Å². The summed E-state index contributed by atoms with van der Waals surface area (Å²) in [6.45, 7) is 0. The van der Waals surface area contributed by atoms with Crippen LogP contribution in [0.2, 0.25) is 0 Å². The van der Waals surface area contributed by atoms with Crippen molar-refractivity contribution in [3.05, 3.63) is 84.9 Å². The van der Waals surface area contributed by atoms with Crippen LogP contribution in [-0.2, 0) is 7.05 Å². The molecule has 0 N–H and O–H groups in total. The minimum Gasteiger partial charge on any atom is -0.344 e. The molecule has 1 nitrogen and oxygen atoms in total. The van der Waals surface area contributed by atoms with Crippen LogP contribution in [0.5, 0.6) is 0 Å². The standard InChI is InChI=1S/C27H17N/c1-28-22-11-5-9-19-20-14-12-16-6-2-3-8-18(16)25(20)21-10-4-7-17-13-15-23(28)27(24(17)21)26(19)22/h2-15H,1H3. The average Bonchev–Trinajstić information content (AvgIpc) is 2.97. The Balaban J connectivity index is 1.91. The zero-order valence-corrected chi connectivity index (χ0v) is 15.5. The Labute approximate surface area is 162 Å². The third-order valence-electron chi connectivity index (χ3n) is 6.53. The van der Waals surface area contributed by atoms with Crippen LogP contribution in [0.15, 0.2) is 84.9 Å². The Kier molecular flexibility index (Phi) is 2.49. The number of fused-ring (bicyclic) bond motifs is 5. The van der Waals surface area contributed by atoms with E-state index < -0.39 is 0 Å². The molecule has 0 saturated heterocycles. The number of benzene rings is 5. The molecule has 6 aromatic rings. The molecule has 0 unspecified atom stereocenters. The lowest BCUT2D eigenvalue weighted by atomic mass is 9.89. The second kappa shape index (κ2) is 4.82. The number of aromatic nitrogens is 1. The molecule has 5 aromatic carbocycles. The van der Waals surface area contributed by atoms with Crippen molar-refractivity contribution in [3.8, 4) is 22.3 Å². The monoisotopic (exact) mass is 355 g/mol. The highest BCUT2D eigenvalue weighted by Crippen LogP contribution is 2.50. The maximum Gasteiger partial charge on any atom is 0.0495 e. The topological polar surface area (TPSA) is 4.93 Å². The van der Waals surface area contributed by atoms with Crippen molar-refractivity contribution in [2.24, 2.45) is 7.05 Å². The summed E-state index contributed by atoms with van der Waals surface area (Å²) in [5, 5.41) is 8.09. The van der Waals surface area contributed by atoms with Crippen LogP contribution in [0.4, 0.5) is 0 Å². The van der Waals surface area contributed by atoms with Gasteiger partial charge in [0.05, 0.1) is 0 Å². The summed E-state index contributed by atoms with van der Waals surface area (Å²) in [4.78, 5) is 0. The zero-order valence-electron chi connectivity index (χ0n) is 15.5. The summed E-state index contributed by atoms with van der Waals surface area (Å²) in [6, 6.07) is 31.4. The van der Waals surface area contributed by atoms with Gasteiger partial charge in [-0.3, -0.25) is 0 Å². The summed E-state index contributed by atoms with van der Waals surface area (Å²) < 4.78 is 2.34. The Hall–Kier alpha value is -3.58. The minimum atomic E-state index is 1.30. The minimum absolute atomic E-state index is 1.30.